The van der Waals surface area contributed by atoms with Gasteiger partial charge in [0.25, 0.3) is 11.8 Å². The molecule has 0 bridgehead atoms. The number of piperazine rings is 1. The number of benzene rings is 2. The number of aliphatic hydroxyl groups excluding tert-OH is 2. The van der Waals surface area contributed by atoms with Crippen LogP contribution in [0.3, 0.4) is 0 Å². The smallest absolute Gasteiger partial charge is 0.277 e. The monoisotopic (exact) mass is 548 g/mol. The SMILES string of the molecule is Cc1ccccc1N1CCN(c2ccc(C(=O)NC[C@H](O)[C@@H](O)CN)cc2NC(=O)c2coc(C3CC3)n2)CC1. The molecule has 2 fully saturated rings. The molecule has 5 rings (SSSR count). The highest BCUT2D eigenvalue weighted by Crippen LogP contribution is 2.39. The lowest BCUT2D eigenvalue weighted by molar-refractivity contribution is 0.0257. The number of oxazole rings is 1. The lowest BCUT2D eigenvalue weighted by Gasteiger charge is -2.38. The molecule has 6 N–H and O–H groups in total. The highest BCUT2D eigenvalue weighted by Gasteiger charge is 2.30. The topological polar surface area (TPSA) is 157 Å². The summed E-state index contributed by atoms with van der Waals surface area (Å²) in [6.45, 7) is 4.87. The summed E-state index contributed by atoms with van der Waals surface area (Å²) in [5.74, 6) is -0.0208. The average molecular weight is 549 g/mol. The zero-order valence-corrected chi connectivity index (χ0v) is 22.5. The molecule has 11 nitrogen and oxygen atoms in total. The van der Waals surface area contributed by atoms with E-state index in [-0.39, 0.29) is 24.7 Å². The Balaban J connectivity index is 1.34. The third-order valence-electron chi connectivity index (χ3n) is 7.42. The van der Waals surface area contributed by atoms with Crippen molar-refractivity contribution in [1.82, 2.24) is 10.3 Å². The number of nitrogens with two attached hydrogens (primary N) is 1. The van der Waals surface area contributed by atoms with Crippen molar-refractivity contribution in [1.29, 1.82) is 0 Å². The standard InChI is InChI=1S/C29H36N6O5/c1-18-4-2-3-5-23(18)34-10-12-35(13-11-34)24-9-8-20(27(38)31-16-26(37)25(36)15-30)14-21(24)32-28(39)22-17-40-29(33-22)19-6-7-19/h2-5,8-9,14,17,19,25-26,36-37H,6-7,10-13,15-16,30H2,1H3,(H,31,38)(H,32,39)/t25-,26-/m0/s1. The minimum absolute atomic E-state index is 0.122. The number of nitrogens with zero attached hydrogens (tertiary/aromatic N) is 3. The van der Waals surface area contributed by atoms with Gasteiger partial charge in [0, 0.05) is 56.4 Å². The van der Waals surface area contributed by atoms with Gasteiger partial charge >= 0.3 is 0 Å². The number of hydrogen-bond acceptors (Lipinski definition) is 9. The quantitative estimate of drug-likeness (QED) is 0.255. The van der Waals surface area contributed by atoms with Gasteiger partial charge in [0.1, 0.15) is 6.26 Å². The van der Waals surface area contributed by atoms with Crippen molar-refractivity contribution in [2.24, 2.45) is 5.73 Å². The second kappa shape index (κ2) is 12.1. The zero-order chi connectivity index (χ0) is 28.2. The first-order chi connectivity index (χ1) is 19.3. The second-order valence-corrected chi connectivity index (χ2v) is 10.4. The molecule has 0 radical (unpaired) electrons. The van der Waals surface area contributed by atoms with Gasteiger partial charge < -0.3 is 40.8 Å². The van der Waals surface area contributed by atoms with E-state index in [0.717, 1.165) is 44.7 Å². The van der Waals surface area contributed by atoms with Gasteiger partial charge in [0.2, 0.25) is 0 Å². The van der Waals surface area contributed by atoms with E-state index in [2.05, 4.69) is 44.5 Å². The Morgan fingerprint density at radius 1 is 1.02 bits per heavy atom. The van der Waals surface area contributed by atoms with Crippen LogP contribution in [0.1, 0.15) is 51.1 Å². The van der Waals surface area contributed by atoms with Crippen molar-refractivity contribution in [3.8, 4) is 0 Å². The van der Waals surface area contributed by atoms with Gasteiger partial charge in [0.05, 0.1) is 23.6 Å². The van der Waals surface area contributed by atoms with E-state index >= 15 is 0 Å². The molecular weight excluding hydrogens is 512 g/mol. The molecule has 0 spiro atoms. The molecule has 1 aliphatic carbocycles. The Kier molecular flexibility index (Phi) is 8.34. The Bertz CT molecular complexity index is 1350. The van der Waals surface area contributed by atoms with E-state index in [1.165, 1.54) is 17.5 Å². The van der Waals surface area contributed by atoms with Gasteiger partial charge in [-0.3, -0.25) is 9.59 Å². The van der Waals surface area contributed by atoms with Crippen molar-refractivity contribution >= 4 is 28.9 Å². The number of aromatic nitrogens is 1. The molecule has 2 atom stereocenters. The maximum Gasteiger partial charge on any atom is 0.277 e. The first kappa shape index (κ1) is 27.6. The summed E-state index contributed by atoms with van der Waals surface area (Å²) in [5, 5.41) is 25.2. The van der Waals surface area contributed by atoms with Gasteiger partial charge in [0.15, 0.2) is 11.6 Å². The predicted molar refractivity (Wildman–Crippen MR) is 152 cm³/mol. The Morgan fingerprint density at radius 3 is 2.40 bits per heavy atom. The molecule has 1 saturated heterocycles. The number of carbonyl (C=O) groups is 2. The third-order valence-corrected chi connectivity index (χ3v) is 7.42. The van der Waals surface area contributed by atoms with E-state index in [9.17, 15) is 19.8 Å². The third kappa shape index (κ3) is 6.27. The second-order valence-electron chi connectivity index (χ2n) is 10.4. The fourth-order valence-electron chi connectivity index (χ4n) is 4.85. The number of rotatable bonds is 10. The van der Waals surface area contributed by atoms with Gasteiger partial charge in [-0.15, -0.1) is 0 Å². The van der Waals surface area contributed by atoms with Crippen molar-refractivity contribution in [2.75, 3.05) is 54.4 Å². The Hall–Kier alpha value is -3.93. The van der Waals surface area contributed by atoms with Gasteiger partial charge in [-0.1, -0.05) is 18.2 Å². The van der Waals surface area contributed by atoms with Crippen LogP contribution in [-0.2, 0) is 0 Å². The number of nitrogens with one attached hydrogen (secondary N) is 2. The number of aliphatic hydroxyl groups is 2. The van der Waals surface area contributed by atoms with Crippen LogP contribution in [0.15, 0.2) is 53.1 Å². The first-order valence-electron chi connectivity index (χ1n) is 13.6. The normalized spacial score (nSPS) is 16.9. The summed E-state index contributed by atoms with van der Waals surface area (Å²) in [4.78, 5) is 34.9. The summed E-state index contributed by atoms with van der Waals surface area (Å²) in [6, 6.07) is 13.4. The molecule has 2 amide bonds. The lowest BCUT2D eigenvalue weighted by Crippen LogP contribution is -2.47. The maximum absolute atomic E-state index is 13.2. The van der Waals surface area contributed by atoms with Gasteiger partial charge in [-0.05, 0) is 49.6 Å². The van der Waals surface area contributed by atoms with E-state index in [4.69, 9.17) is 10.2 Å². The van der Waals surface area contributed by atoms with Crippen molar-refractivity contribution in [2.45, 2.75) is 37.9 Å². The minimum atomic E-state index is -1.19. The molecule has 0 unspecified atom stereocenters. The van der Waals surface area contributed by atoms with Gasteiger partial charge in [-0.2, -0.15) is 0 Å². The summed E-state index contributed by atoms with van der Waals surface area (Å²) >= 11 is 0. The lowest BCUT2D eigenvalue weighted by atomic mass is 10.1. The van der Waals surface area contributed by atoms with E-state index < -0.39 is 24.0 Å². The molecule has 2 aromatic carbocycles. The molecule has 212 valence electrons. The maximum atomic E-state index is 13.2. The highest BCUT2D eigenvalue weighted by molar-refractivity contribution is 6.06. The predicted octanol–water partition coefficient (Wildman–Crippen LogP) is 1.85. The van der Waals surface area contributed by atoms with Crippen LogP contribution < -0.4 is 26.2 Å². The van der Waals surface area contributed by atoms with Crippen LogP contribution in [-0.4, -0.2) is 78.5 Å². The number of hydrogen-bond donors (Lipinski definition) is 5. The van der Waals surface area contributed by atoms with Crippen LogP contribution in [0.5, 0.6) is 0 Å². The Labute approximate surface area is 233 Å². The van der Waals surface area contributed by atoms with Crippen LogP contribution in [0.4, 0.5) is 17.1 Å². The molecule has 3 aromatic rings. The first-order valence-corrected chi connectivity index (χ1v) is 13.6. The van der Waals surface area contributed by atoms with Crippen molar-refractivity contribution in [3.05, 3.63) is 71.4 Å². The number of amides is 2. The largest absolute Gasteiger partial charge is 0.448 e. The molecule has 1 aromatic heterocycles. The molecule has 1 saturated carbocycles. The molecule has 1 aliphatic heterocycles. The summed E-state index contributed by atoms with van der Waals surface area (Å²) < 4.78 is 5.50. The summed E-state index contributed by atoms with van der Waals surface area (Å²) in [7, 11) is 0. The minimum Gasteiger partial charge on any atom is -0.448 e. The van der Waals surface area contributed by atoms with Gasteiger partial charge in [-0.25, -0.2) is 4.98 Å². The highest BCUT2D eigenvalue weighted by atomic mass is 16.3. The average Bonchev–Trinajstić information content (AvgIpc) is 3.71. The molecule has 11 heteroatoms. The number of aryl methyl sites for hydroxylation is 1. The molecule has 2 heterocycles. The van der Waals surface area contributed by atoms with E-state index in [1.54, 1.807) is 12.1 Å². The fraction of sp³-hybridized carbons (Fsp3) is 0.414. The summed E-state index contributed by atoms with van der Waals surface area (Å²) in [6.07, 6.45) is 1.05. The van der Waals surface area contributed by atoms with Crippen LogP contribution in [0.25, 0.3) is 0 Å². The zero-order valence-electron chi connectivity index (χ0n) is 22.5. The van der Waals surface area contributed by atoms with Crippen molar-refractivity contribution < 1.29 is 24.2 Å². The molecular formula is C29H36N6O5. The fourth-order valence-corrected chi connectivity index (χ4v) is 4.85. The van der Waals surface area contributed by atoms with Crippen molar-refractivity contribution in [3.63, 3.8) is 0 Å². The van der Waals surface area contributed by atoms with Crippen LogP contribution in [0, 0.1) is 6.92 Å². The van der Waals surface area contributed by atoms with Crippen LogP contribution in [0.2, 0.25) is 0 Å². The number of anilines is 3. The number of para-hydroxylation sites is 1. The molecule has 40 heavy (non-hydrogen) atoms. The summed E-state index contributed by atoms with van der Waals surface area (Å²) in [5.41, 5.74) is 9.56. The molecule has 2 aliphatic rings. The van der Waals surface area contributed by atoms with Crippen LogP contribution >= 0.6 is 0 Å². The van der Waals surface area contributed by atoms with E-state index in [0.29, 0.717) is 17.1 Å². The number of carbonyl (C=O) groups excluding carboxylic acids is 2. The van der Waals surface area contributed by atoms with E-state index in [1.807, 2.05) is 18.2 Å². The Morgan fingerprint density at radius 2 is 1.73 bits per heavy atom.